The van der Waals surface area contributed by atoms with Gasteiger partial charge in [0, 0.05) is 0 Å². The van der Waals surface area contributed by atoms with Crippen LogP contribution < -0.4 is 0 Å². The van der Waals surface area contributed by atoms with Crippen LogP contribution in [0.2, 0.25) is 0 Å². The van der Waals surface area contributed by atoms with Gasteiger partial charge in [0.2, 0.25) is 0 Å². The summed E-state index contributed by atoms with van der Waals surface area (Å²) in [6.45, 7) is 0. The van der Waals surface area contributed by atoms with E-state index in [0.717, 1.165) is 0 Å². The predicted molar refractivity (Wildman–Crippen MR) is 98.5 cm³/mol. The van der Waals surface area contributed by atoms with Crippen LogP contribution in [-0.4, -0.2) is 22.2 Å². The van der Waals surface area contributed by atoms with Gasteiger partial charge in [0.05, 0.1) is 11.1 Å². The molecule has 0 atom stereocenters. The monoisotopic (exact) mass is 354 g/mol. The van der Waals surface area contributed by atoms with Gasteiger partial charge in [-0.25, -0.2) is 9.59 Å². The summed E-state index contributed by atoms with van der Waals surface area (Å²) in [4.78, 5) is 23.0. The summed E-state index contributed by atoms with van der Waals surface area (Å²) in [7, 11) is 0. The van der Waals surface area contributed by atoms with Gasteiger partial charge in [-0.1, -0.05) is 60.7 Å². The lowest BCUT2D eigenvalue weighted by Gasteiger charge is -2.14. The number of carbonyl (C=O) groups is 2. The van der Waals surface area contributed by atoms with Crippen LogP contribution in [0.1, 0.15) is 20.7 Å². The van der Waals surface area contributed by atoms with Gasteiger partial charge in [0.1, 0.15) is 0 Å². The molecule has 0 aromatic heterocycles. The van der Waals surface area contributed by atoms with E-state index in [2.05, 4.69) is 0 Å². The molecule has 25 heavy (non-hydrogen) atoms. The topological polar surface area (TPSA) is 74.6 Å². The molecule has 126 valence electrons. The van der Waals surface area contributed by atoms with E-state index in [1.807, 2.05) is 0 Å². The van der Waals surface area contributed by atoms with Gasteiger partial charge in [-0.05, 0) is 34.4 Å². The quantitative estimate of drug-likeness (QED) is 0.703. The lowest BCUT2D eigenvalue weighted by Crippen LogP contribution is -2.02. The van der Waals surface area contributed by atoms with Crippen LogP contribution in [0.5, 0.6) is 0 Å². The molecule has 0 aliphatic carbocycles. The molecule has 3 rings (SSSR count). The molecule has 0 bridgehead atoms. The molecule has 4 nitrogen and oxygen atoms in total. The average molecular weight is 355 g/mol. The highest BCUT2D eigenvalue weighted by Crippen LogP contribution is 2.35. The number of carboxylic acid groups (broad SMARTS) is 2. The van der Waals surface area contributed by atoms with E-state index in [0.29, 0.717) is 22.3 Å². The van der Waals surface area contributed by atoms with Crippen molar-refractivity contribution in [1.82, 2.24) is 0 Å². The Balaban J connectivity index is 0.00000225. The van der Waals surface area contributed by atoms with Crippen LogP contribution in [0.3, 0.4) is 0 Å². The minimum atomic E-state index is -1.02. The molecular weight excluding hydrogens is 340 g/mol. The minimum Gasteiger partial charge on any atom is -0.478 e. The van der Waals surface area contributed by atoms with E-state index < -0.39 is 11.9 Å². The van der Waals surface area contributed by atoms with Crippen LogP contribution in [-0.2, 0) is 0 Å². The van der Waals surface area contributed by atoms with Crippen molar-refractivity contribution in [3.63, 3.8) is 0 Å². The zero-order valence-corrected chi connectivity index (χ0v) is 13.9. The Kier molecular flexibility index (Phi) is 5.57. The summed E-state index contributed by atoms with van der Waals surface area (Å²) in [5.41, 5.74) is 2.84. The maximum atomic E-state index is 11.5. The predicted octanol–water partition coefficient (Wildman–Crippen LogP) is 4.84. The molecule has 2 N–H and O–H groups in total. The molecule has 0 radical (unpaired) electrons. The molecule has 3 aromatic rings. The van der Waals surface area contributed by atoms with E-state index in [4.69, 9.17) is 0 Å². The standard InChI is InChI=1S/C20H14O4.ClH/c21-19(22)17-11-5-3-9-15(17)13-7-1-2-8-14(13)16-10-4-6-12-18(16)20(23)24;/h1-12H,(H,21,22)(H,23,24);1H. The summed E-state index contributed by atoms with van der Waals surface area (Å²) in [6.07, 6.45) is 0. The second-order valence-electron chi connectivity index (χ2n) is 5.25. The fraction of sp³-hybridized carbons (Fsp3) is 0. The first-order valence-electron chi connectivity index (χ1n) is 7.34. The van der Waals surface area contributed by atoms with Gasteiger partial charge in [-0.15, -0.1) is 12.4 Å². The van der Waals surface area contributed by atoms with E-state index in [-0.39, 0.29) is 23.5 Å². The summed E-state index contributed by atoms with van der Waals surface area (Å²) in [5.74, 6) is -2.04. The highest BCUT2D eigenvalue weighted by molar-refractivity contribution is 6.02. The van der Waals surface area contributed by atoms with Crippen molar-refractivity contribution in [2.45, 2.75) is 0 Å². The van der Waals surface area contributed by atoms with Gasteiger partial charge in [-0.3, -0.25) is 0 Å². The molecule has 3 aromatic carbocycles. The van der Waals surface area contributed by atoms with Crippen molar-refractivity contribution in [2.24, 2.45) is 0 Å². The average Bonchev–Trinajstić information content (AvgIpc) is 2.61. The molecule has 0 spiro atoms. The van der Waals surface area contributed by atoms with E-state index in [1.165, 1.54) is 12.1 Å². The summed E-state index contributed by atoms with van der Waals surface area (Å²) >= 11 is 0. The lowest BCUT2D eigenvalue weighted by atomic mass is 9.90. The number of halogens is 1. The van der Waals surface area contributed by atoms with E-state index in [1.54, 1.807) is 60.7 Å². The minimum absolute atomic E-state index is 0. The molecule has 5 heteroatoms. The van der Waals surface area contributed by atoms with Crippen molar-refractivity contribution in [3.05, 3.63) is 83.9 Å². The molecule has 0 saturated heterocycles. The number of rotatable bonds is 4. The fourth-order valence-corrected chi connectivity index (χ4v) is 2.76. The van der Waals surface area contributed by atoms with Crippen molar-refractivity contribution >= 4 is 24.3 Å². The van der Waals surface area contributed by atoms with Crippen molar-refractivity contribution < 1.29 is 19.8 Å². The Morgan fingerprint density at radius 3 is 1.12 bits per heavy atom. The fourth-order valence-electron chi connectivity index (χ4n) is 2.76. The van der Waals surface area contributed by atoms with Crippen molar-refractivity contribution in [3.8, 4) is 22.3 Å². The highest BCUT2D eigenvalue weighted by Gasteiger charge is 2.17. The van der Waals surface area contributed by atoms with Gasteiger partial charge in [0.15, 0.2) is 0 Å². The first-order chi connectivity index (χ1) is 11.6. The van der Waals surface area contributed by atoms with Crippen molar-refractivity contribution in [2.75, 3.05) is 0 Å². The number of carboxylic acids is 2. The van der Waals surface area contributed by atoms with Crippen molar-refractivity contribution in [1.29, 1.82) is 0 Å². The zero-order chi connectivity index (χ0) is 17.1. The smallest absolute Gasteiger partial charge is 0.336 e. The summed E-state index contributed by atoms with van der Waals surface area (Å²) in [6, 6.07) is 20.6. The van der Waals surface area contributed by atoms with Crippen LogP contribution in [0, 0.1) is 0 Å². The second kappa shape index (κ2) is 7.64. The zero-order valence-electron chi connectivity index (χ0n) is 13.0. The Labute approximate surface area is 150 Å². The number of hydrogen-bond donors (Lipinski definition) is 2. The van der Waals surface area contributed by atoms with Crippen LogP contribution in [0.4, 0.5) is 0 Å². The van der Waals surface area contributed by atoms with Gasteiger partial charge >= 0.3 is 11.9 Å². The Bertz CT molecular complexity index is 858. The number of hydrogen-bond acceptors (Lipinski definition) is 2. The Hall–Kier alpha value is -3.11. The SMILES string of the molecule is Cl.O=C(O)c1ccccc1-c1ccccc1-c1ccccc1C(=O)O. The third-order valence-electron chi connectivity index (χ3n) is 3.82. The van der Waals surface area contributed by atoms with Crippen LogP contribution in [0.15, 0.2) is 72.8 Å². The molecule has 0 aliphatic rings. The molecular formula is C20H15ClO4. The molecule has 0 unspecified atom stereocenters. The number of aromatic carboxylic acids is 2. The molecule has 0 aliphatic heterocycles. The maximum absolute atomic E-state index is 11.5. The molecule has 0 saturated carbocycles. The third-order valence-corrected chi connectivity index (χ3v) is 3.82. The van der Waals surface area contributed by atoms with Crippen LogP contribution in [0.25, 0.3) is 22.3 Å². The maximum Gasteiger partial charge on any atom is 0.336 e. The molecule has 0 fully saturated rings. The van der Waals surface area contributed by atoms with Crippen LogP contribution >= 0.6 is 12.4 Å². The van der Waals surface area contributed by atoms with Gasteiger partial charge < -0.3 is 10.2 Å². The first-order valence-corrected chi connectivity index (χ1v) is 7.34. The van der Waals surface area contributed by atoms with Gasteiger partial charge in [0.25, 0.3) is 0 Å². The second-order valence-corrected chi connectivity index (χ2v) is 5.25. The molecule has 0 heterocycles. The van der Waals surface area contributed by atoms with E-state index >= 15 is 0 Å². The van der Waals surface area contributed by atoms with Gasteiger partial charge in [-0.2, -0.15) is 0 Å². The normalized spacial score (nSPS) is 9.92. The molecule has 0 amide bonds. The number of benzene rings is 3. The summed E-state index contributed by atoms with van der Waals surface area (Å²) in [5, 5.41) is 18.9. The largest absolute Gasteiger partial charge is 0.478 e. The van der Waals surface area contributed by atoms with E-state index in [9.17, 15) is 19.8 Å². The lowest BCUT2D eigenvalue weighted by molar-refractivity contribution is 0.0686. The summed E-state index contributed by atoms with van der Waals surface area (Å²) < 4.78 is 0. The Morgan fingerprint density at radius 2 is 0.800 bits per heavy atom. The Morgan fingerprint density at radius 1 is 0.520 bits per heavy atom. The first kappa shape index (κ1) is 18.2. The third kappa shape index (κ3) is 3.54. The highest BCUT2D eigenvalue weighted by atomic mass is 35.5.